The number of nitrogens with one attached hydrogen (secondary N) is 1. The Hall–Kier alpha value is -3.16. The smallest absolute Gasteiger partial charge is 0.342 e. The van der Waals surface area contributed by atoms with E-state index in [4.69, 9.17) is 11.6 Å². The van der Waals surface area contributed by atoms with Crippen molar-refractivity contribution in [2.45, 2.75) is 19.1 Å². The van der Waals surface area contributed by atoms with Crippen molar-refractivity contribution in [3.8, 4) is 5.82 Å². The molecule has 2 aromatic heterocycles. The van der Waals surface area contributed by atoms with Gasteiger partial charge in [0.25, 0.3) is 11.8 Å². The number of pyridine rings is 1. The molecule has 1 fully saturated rings. The van der Waals surface area contributed by atoms with Crippen molar-refractivity contribution in [3.63, 3.8) is 0 Å². The molecule has 1 unspecified atom stereocenters. The van der Waals surface area contributed by atoms with E-state index in [0.29, 0.717) is 30.3 Å². The van der Waals surface area contributed by atoms with Crippen LogP contribution in [-0.2, 0) is 6.18 Å². The van der Waals surface area contributed by atoms with Crippen LogP contribution in [0.1, 0.15) is 45.1 Å². The van der Waals surface area contributed by atoms with Gasteiger partial charge in [-0.2, -0.15) is 35.6 Å². The van der Waals surface area contributed by atoms with Gasteiger partial charge in [-0.15, -0.1) is 0 Å². The fourth-order valence-corrected chi connectivity index (χ4v) is 4.02. The molecule has 1 atom stereocenters. The highest BCUT2D eigenvalue weighted by molar-refractivity contribution is 7.79. The molecule has 0 saturated carbocycles. The number of benzene rings is 1. The van der Waals surface area contributed by atoms with Crippen molar-refractivity contribution in [2.24, 2.45) is 0 Å². The van der Waals surface area contributed by atoms with E-state index in [1.54, 1.807) is 30.2 Å². The van der Waals surface area contributed by atoms with E-state index in [1.165, 1.54) is 17.2 Å². The quantitative estimate of drug-likeness (QED) is 0.454. The Kier molecular flexibility index (Phi) is 9.74. The lowest BCUT2D eigenvalue weighted by Gasteiger charge is -2.32. The number of rotatable bonds is 5. The summed E-state index contributed by atoms with van der Waals surface area (Å²) in [6.45, 7) is 4.49. The summed E-state index contributed by atoms with van der Waals surface area (Å²) in [4.78, 5) is 37.8. The Morgan fingerprint density at radius 3 is 2.34 bits per heavy atom. The molecule has 4 rings (SSSR count). The van der Waals surface area contributed by atoms with Crippen LogP contribution in [0.5, 0.6) is 0 Å². The third-order valence-electron chi connectivity index (χ3n) is 5.80. The van der Waals surface area contributed by atoms with Crippen molar-refractivity contribution < 1.29 is 22.8 Å². The Morgan fingerprint density at radius 2 is 1.74 bits per heavy atom. The fraction of sp³-hybridized carbons (Fsp3) is 0.375. The number of hydrogen-bond donors (Lipinski definition) is 2. The topological polar surface area (TPSA) is 96.2 Å². The van der Waals surface area contributed by atoms with Gasteiger partial charge in [0, 0.05) is 43.0 Å². The third-order valence-corrected chi connectivity index (χ3v) is 6.02. The summed E-state index contributed by atoms with van der Waals surface area (Å²) in [5.41, 5.74) is -0.822. The van der Waals surface area contributed by atoms with Gasteiger partial charge in [-0.1, -0.05) is 11.6 Å². The van der Waals surface area contributed by atoms with Gasteiger partial charge in [0.15, 0.2) is 11.6 Å². The monoisotopic (exact) mass is 569 g/mol. The van der Waals surface area contributed by atoms with E-state index in [1.807, 2.05) is 7.05 Å². The highest BCUT2D eigenvalue weighted by atomic mass is 35.5. The number of halogens is 4. The van der Waals surface area contributed by atoms with Crippen LogP contribution in [0.15, 0.2) is 42.9 Å². The molecule has 0 bridgehead atoms. The number of nitrogens with zero attached hydrogens (tertiary/aromatic N) is 6. The molecular weight excluding hydrogens is 543 g/mol. The summed E-state index contributed by atoms with van der Waals surface area (Å²) in [6.07, 6.45) is -0.227. The average molecular weight is 570 g/mol. The number of carbonyl (C=O) groups excluding carboxylic acids is 2. The minimum atomic E-state index is -4.64. The minimum absolute atomic E-state index is 0.110. The first kappa shape index (κ1) is 29.4. The fourth-order valence-electron chi connectivity index (χ4n) is 3.78. The zero-order valence-corrected chi connectivity index (χ0v) is 22.6. The molecule has 1 saturated heterocycles. The van der Waals surface area contributed by atoms with Crippen molar-refractivity contribution >= 4 is 36.0 Å². The minimum Gasteiger partial charge on any atom is -0.342 e. The van der Waals surface area contributed by atoms with Crippen LogP contribution in [0.3, 0.4) is 0 Å². The summed E-state index contributed by atoms with van der Waals surface area (Å²) in [5, 5.41) is 6.54. The van der Waals surface area contributed by atoms with Gasteiger partial charge in [0.2, 0.25) is 0 Å². The van der Waals surface area contributed by atoms with Gasteiger partial charge in [0.05, 0.1) is 17.2 Å². The predicted molar refractivity (Wildman–Crippen MR) is 140 cm³/mol. The highest BCUT2D eigenvalue weighted by Gasteiger charge is 2.32. The summed E-state index contributed by atoms with van der Waals surface area (Å²) >= 11 is 9.32. The van der Waals surface area contributed by atoms with E-state index < -0.39 is 23.7 Å². The normalized spacial score (nSPS) is 14.9. The van der Waals surface area contributed by atoms with E-state index >= 15 is 0 Å². The molecule has 204 valence electrons. The van der Waals surface area contributed by atoms with Gasteiger partial charge < -0.3 is 15.1 Å². The van der Waals surface area contributed by atoms with Crippen molar-refractivity contribution in [2.75, 3.05) is 39.5 Å². The van der Waals surface area contributed by atoms with Crippen LogP contribution < -0.4 is 5.32 Å². The van der Waals surface area contributed by atoms with Crippen LogP contribution in [0.25, 0.3) is 5.82 Å². The van der Waals surface area contributed by atoms with Crippen molar-refractivity contribution in [3.05, 3.63) is 70.4 Å². The molecule has 0 spiro atoms. The lowest BCUT2D eigenvalue weighted by molar-refractivity contribution is -0.137. The second-order valence-electron chi connectivity index (χ2n) is 8.45. The van der Waals surface area contributed by atoms with Gasteiger partial charge in [-0.25, -0.2) is 9.97 Å². The van der Waals surface area contributed by atoms with Crippen LogP contribution in [0.2, 0.25) is 5.02 Å². The number of amides is 2. The third kappa shape index (κ3) is 7.03. The summed E-state index contributed by atoms with van der Waals surface area (Å²) in [6, 6.07) is 5.16. The lowest BCUT2D eigenvalue weighted by Crippen LogP contribution is -2.47. The number of aromatic nitrogens is 4. The molecule has 1 aliphatic rings. The zero-order valence-electron chi connectivity index (χ0n) is 20.9. The zero-order chi connectivity index (χ0) is 28.0. The number of alkyl halides is 3. The average Bonchev–Trinajstić information content (AvgIpc) is 3.39. The van der Waals surface area contributed by atoms with Gasteiger partial charge in [0.1, 0.15) is 6.33 Å². The van der Waals surface area contributed by atoms with E-state index in [9.17, 15) is 22.8 Å². The number of hydrogen-bond acceptors (Lipinski definition) is 7. The molecule has 0 radical (unpaired) electrons. The molecule has 3 heterocycles. The second-order valence-corrected chi connectivity index (χ2v) is 8.89. The molecule has 1 aliphatic heterocycles. The summed E-state index contributed by atoms with van der Waals surface area (Å²) in [5.74, 6) is -0.208. The largest absolute Gasteiger partial charge is 0.416 e. The Morgan fingerprint density at radius 1 is 1.05 bits per heavy atom. The standard InChI is InChI=1S/C23H23ClF3N7O2.CH4S/c1-14(31-21(35)16-9-17(23(25,26)27)11-18(24)10-16)20-29-13-30-34(20)19-4-3-15(12-28-19)22(36)33-7-5-32(2)6-8-33;1-2/h3-4,9-14H,5-8H2,1-2H3,(H,31,35);2H,1H3. The maximum atomic E-state index is 13.1. The maximum absolute atomic E-state index is 13.1. The summed E-state index contributed by atoms with van der Waals surface area (Å²) in [7, 11) is 2.01. The number of carbonyl (C=O) groups is 2. The molecule has 9 nitrogen and oxygen atoms in total. The van der Waals surface area contributed by atoms with E-state index in [-0.39, 0.29) is 16.5 Å². The van der Waals surface area contributed by atoms with Crippen LogP contribution in [-0.4, -0.2) is 80.8 Å². The Labute approximate surface area is 228 Å². The van der Waals surface area contributed by atoms with E-state index in [2.05, 4.69) is 37.9 Å². The van der Waals surface area contributed by atoms with Crippen LogP contribution in [0, 0.1) is 0 Å². The first-order valence-electron chi connectivity index (χ1n) is 11.5. The molecule has 0 aliphatic carbocycles. The Balaban J connectivity index is 0.00000195. The predicted octanol–water partition coefficient (Wildman–Crippen LogP) is 3.76. The number of likely N-dealkylation sites (N-methyl/N-ethyl adjacent to an activating group) is 1. The van der Waals surface area contributed by atoms with E-state index in [0.717, 1.165) is 31.3 Å². The molecule has 1 N–H and O–H groups in total. The van der Waals surface area contributed by atoms with Gasteiger partial charge >= 0.3 is 6.18 Å². The maximum Gasteiger partial charge on any atom is 0.416 e. The first-order chi connectivity index (χ1) is 18.0. The lowest BCUT2D eigenvalue weighted by atomic mass is 10.1. The number of piperazine rings is 1. The van der Waals surface area contributed by atoms with Gasteiger partial charge in [-0.05, 0) is 50.6 Å². The van der Waals surface area contributed by atoms with Crippen LogP contribution >= 0.6 is 24.2 Å². The molecule has 38 heavy (non-hydrogen) atoms. The molecule has 3 aromatic rings. The van der Waals surface area contributed by atoms with Crippen molar-refractivity contribution in [1.29, 1.82) is 0 Å². The van der Waals surface area contributed by atoms with Gasteiger partial charge in [-0.3, -0.25) is 9.59 Å². The highest BCUT2D eigenvalue weighted by Crippen LogP contribution is 2.32. The summed E-state index contributed by atoms with van der Waals surface area (Å²) < 4.78 is 40.7. The number of thiol groups is 1. The SMILES string of the molecule is CC(NC(=O)c1cc(Cl)cc(C(F)(F)F)c1)c1ncnn1-c1ccc(C(=O)N2CCN(C)CC2)cn1.CS. The molecule has 1 aromatic carbocycles. The molecular formula is C24H27ClF3N7O2S. The second kappa shape index (κ2) is 12.6. The van der Waals surface area contributed by atoms with Crippen molar-refractivity contribution in [1.82, 2.24) is 34.9 Å². The first-order valence-corrected chi connectivity index (χ1v) is 12.8. The molecule has 2 amide bonds. The Bertz CT molecular complexity index is 1260. The molecule has 14 heteroatoms. The van der Waals surface area contributed by atoms with Crippen LogP contribution in [0.4, 0.5) is 13.2 Å².